The summed E-state index contributed by atoms with van der Waals surface area (Å²) >= 11 is 0. The third-order valence-electron chi connectivity index (χ3n) is 3.28. The van der Waals surface area contributed by atoms with E-state index in [-0.39, 0.29) is 12.4 Å². The van der Waals surface area contributed by atoms with E-state index >= 15 is 0 Å². The van der Waals surface area contributed by atoms with Crippen molar-refractivity contribution in [1.82, 2.24) is 0 Å². The predicted molar refractivity (Wildman–Crippen MR) is 84.1 cm³/mol. The summed E-state index contributed by atoms with van der Waals surface area (Å²) in [7, 11) is 0. The van der Waals surface area contributed by atoms with Gasteiger partial charge < -0.3 is 14.2 Å². The van der Waals surface area contributed by atoms with E-state index in [1.54, 1.807) is 12.1 Å². The van der Waals surface area contributed by atoms with Crippen LogP contribution in [0.1, 0.15) is 30.6 Å². The summed E-state index contributed by atoms with van der Waals surface area (Å²) in [5, 5.41) is 8.79. The Balaban J connectivity index is 1.72. The average molecular weight is 299 g/mol. The molecule has 22 heavy (non-hydrogen) atoms. The summed E-state index contributed by atoms with van der Waals surface area (Å²) in [6.45, 7) is 3.46. The van der Waals surface area contributed by atoms with Gasteiger partial charge in [-0.05, 0) is 24.1 Å². The Bertz CT molecular complexity index is 534. The number of nitrogens with zero attached hydrogens (tertiary/aromatic N) is 1. The molecule has 2 rings (SSSR count). The Morgan fingerprint density at radius 1 is 1.18 bits per heavy atom. The molecule has 0 unspecified atom stereocenters. The Labute approximate surface area is 131 Å². The molecule has 0 amide bonds. The van der Waals surface area contributed by atoms with Gasteiger partial charge in [0, 0.05) is 0 Å². The zero-order valence-electron chi connectivity index (χ0n) is 12.8. The zero-order chi connectivity index (χ0) is 15.6. The van der Waals surface area contributed by atoms with Crippen molar-refractivity contribution in [3.05, 3.63) is 59.7 Å². The maximum Gasteiger partial charge on any atom is 0.181 e. The van der Waals surface area contributed by atoms with Crippen LogP contribution in [0.15, 0.2) is 48.6 Å². The van der Waals surface area contributed by atoms with Crippen LogP contribution in [0.4, 0.5) is 0 Å². The monoisotopic (exact) mass is 299 g/mol. The normalized spacial score (nSPS) is 22.2. The molecule has 1 saturated heterocycles. The van der Waals surface area contributed by atoms with E-state index < -0.39 is 0 Å². The molecule has 1 aromatic rings. The molecule has 0 radical (unpaired) electrons. The van der Waals surface area contributed by atoms with Crippen LogP contribution in [0.25, 0.3) is 0 Å². The minimum atomic E-state index is -0.325. The summed E-state index contributed by atoms with van der Waals surface area (Å²) in [6, 6.07) is 9.48. The Morgan fingerprint density at radius 2 is 1.95 bits per heavy atom. The average Bonchev–Trinajstić information content (AvgIpc) is 2.59. The van der Waals surface area contributed by atoms with Crippen LogP contribution in [0.3, 0.4) is 0 Å². The van der Waals surface area contributed by atoms with Gasteiger partial charge in [-0.25, -0.2) is 0 Å². The second kappa shape index (κ2) is 9.16. The quantitative estimate of drug-likeness (QED) is 0.754. The first-order valence-corrected chi connectivity index (χ1v) is 7.50. The number of hydrogen-bond acceptors (Lipinski definition) is 4. The van der Waals surface area contributed by atoms with E-state index in [9.17, 15) is 0 Å². The molecule has 1 aromatic carbocycles. The van der Waals surface area contributed by atoms with Crippen molar-refractivity contribution in [2.24, 2.45) is 0 Å². The van der Waals surface area contributed by atoms with Gasteiger partial charge in [0.2, 0.25) is 0 Å². The SMILES string of the molecule is CC/C=C/C=C/CO[C@@H]1CO[C@@H](c2ccc(C#N)cc2)CO1. The van der Waals surface area contributed by atoms with E-state index in [4.69, 9.17) is 19.5 Å². The first-order valence-electron chi connectivity index (χ1n) is 7.50. The zero-order valence-corrected chi connectivity index (χ0v) is 12.8. The first-order chi connectivity index (χ1) is 10.8. The smallest absolute Gasteiger partial charge is 0.181 e. The van der Waals surface area contributed by atoms with E-state index in [0.29, 0.717) is 25.4 Å². The van der Waals surface area contributed by atoms with Crippen molar-refractivity contribution in [1.29, 1.82) is 5.26 Å². The van der Waals surface area contributed by atoms with E-state index in [1.165, 1.54) is 0 Å². The molecule has 0 N–H and O–H groups in total. The highest BCUT2D eigenvalue weighted by molar-refractivity contribution is 5.32. The van der Waals surface area contributed by atoms with Crippen molar-refractivity contribution < 1.29 is 14.2 Å². The lowest BCUT2D eigenvalue weighted by atomic mass is 10.1. The van der Waals surface area contributed by atoms with Crippen LogP contribution in [0.5, 0.6) is 0 Å². The number of benzene rings is 1. The molecule has 116 valence electrons. The van der Waals surface area contributed by atoms with Gasteiger partial charge in [0.15, 0.2) is 6.29 Å². The van der Waals surface area contributed by atoms with E-state index in [0.717, 1.165) is 12.0 Å². The van der Waals surface area contributed by atoms with Gasteiger partial charge in [-0.2, -0.15) is 5.26 Å². The molecule has 1 aliphatic rings. The second-order valence-corrected chi connectivity index (χ2v) is 4.92. The van der Waals surface area contributed by atoms with Crippen molar-refractivity contribution in [2.45, 2.75) is 25.7 Å². The molecule has 1 fully saturated rings. The van der Waals surface area contributed by atoms with Crippen LogP contribution in [-0.2, 0) is 14.2 Å². The van der Waals surface area contributed by atoms with Gasteiger partial charge in [0.05, 0.1) is 31.5 Å². The minimum absolute atomic E-state index is 0.101. The number of ether oxygens (including phenoxy) is 3. The van der Waals surface area contributed by atoms with Crippen LogP contribution in [0.2, 0.25) is 0 Å². The van der Waals surface area contributed by atoms with Crippen molar-refractivity contribution >= 4 is 0 Å². The summed E-state index contributed by atoms with van der Waals surface area (Å²) in [6.07, 6.45) is 8.60. The molecule has 1 heterocycles. The summed E-state index contributed by atoms with van der Waals surface area (Å²) in [5.41, 5.74) is 1.66. The van der Waals surface area contributed by atoms with Gasteiger partial charge in [0.25, 0.3) is 0 Å². The molecule has 4 nitrogen and oxygen atoms in total. The fourth-order valence-electron chi connectivity index (χ4n) is 2.06. The summed E-state index contributed by atoms with van der Waals surface area (Å²) in [5.74, 6) is 0. The molecule has 0 spiro atoms. The minimum Gasteiger partial charge on any atom is -0.366 e. The van der Waals surface area contributed by atoms with Crippen molar-refractivity contribution in [2.75, 3.05) is 19.8 Å². The van der Waals surface area contributed by atoms with Crippen molar-refractivity contribution in [3.8, 4) is 6.07 Å². The molecular formula is C18H21NO3. The number of hydrogen-bond donors (Lipinski definition) is 0. The van der Waals surface area contributed by atoms with Crippen LogP contribution in [-0.4, -0.2) is 26.1 Å². The number of allylic oxidation sites excluding steroid dienone is 3. The highest BCUT2D eigenvalue weighted by atomic mass is 16.7. The van der Waals surface area contributed by atoms with Gasteiger partial charge in [-0.1, -0.05) is 43.4 Å². The molecule has 2 atom stereocenters. The number of nitriles is 1. The van der Waals surface area contributed by atoms with Gasteiger partial charge >= 0.3 is 0 Å². The molecule has 1 aliphatic heterocycles. The predicted octanol–water partition coefficient (Wildman–Crippen LogP) is 3.51. The molecule has 0 aliphatic carbocycles. The van der Waals surface area contributed by atoms with Gasteiger partial charge in [-0.15, -0.1) is 0 Å². The number of rotatable bonds is 6. The molecule has 0 bridgehead atoms. The Morgan fingerprint density at radius 3 is 2.59 bits per heavy atom. The second-order valence-electron chi connectivity index (χ2n) is 4.92. The first kappa shape index (κ1) is 16.4. The van der Waals surface area contributed by atoms with Crippen molar-refractivity contribution in [3.63, 3.8) is 0 Å². The molecule has 0 saturated carbocycles. The molecule has 0 aromatic heterocycles. The lowest BCUT2D eigenvalue weighted by Gasteiger charge is -2.29. The van der Waals surface area contributed by atoms with Gasteiger partial charge in [-0.3, -0.25) is 0 Å². The maximum absolute atomic E-state index is 8.79. The fourth-order valence-corrected chi connectivity index (χ4v) is 2.06. The Kier molecular flexibility index (Phi) is 6.85. The summed E-state index contributed by atoms with van der Waals surface area (Å²) < 4.78 is 17.0. The van der Waals surface area contributed by atoms with E-state index in [2.05, 4.69) is 19.1 Å². The van der Waals surface area contributed by atoms with E-state index in [1.807, 2.05) is 30.4 Å². The molecule has 4 heteroatoms. The van der Waals surface area contributed by atoms with Crippen LogP contribution >= 0.6 is 0 Å². The highest BCUT2D eigenvalue weighted by Crippen LogP contribution is 2.23. The lowest BCUT2D eigenvalue weighted by Crippen LogP contribution is -2.33. The molecular weight excluding hydrogens is 278 g/mol. The van der Waals surface area contributed by atoms with Gasteiger partial charge in [0.1, 0.15) is 6.10 Å². The third-order valence-corrected chi connectivity index (χ3v) is 3.28. The lowest BCUT2D eigenvalue weighted by molar-refractivity contribution is -0.232. The standard InChI is InChI=1S/C18H21NO3/c1-2-3-4-5-6-11-20-18-14-21-17(13-22-18)16-9-7-15(12-19)8-10-16/h3-10,17-18H,2,11,13-14H2,1H3/b4-3+,6-5+/t17-,18+/m1/s1. The summed E-state index contributed by atoms with van der Waals surface area (Å²) in [4.78, 5) is 0. The van der Waals surface area contributed by atoms with Crippen LogP contribution < -0.4 is 0 Å². The largest absolute Gasteiger partial charge is 0.366 e. The highest BCUT2D eigenvalue weighted by Gasteiger charge is 2.23. The Hall–Kier alpha value is -1.93. The van der Waals surface area contributed by atoms with Crippen LogP contribution in [0, 0.1) is 11.3 Å². The fraction of sp³-hybridized carbons (Fsp3) is 0.389. The topological polar surface area (TPSA) is 51.5 Å². The maximum atomic E-state index is 8.79. The third kappa shape index (κ3) is 5.12.